The summed E-state index contributed by atoms with van der Waals surface area (Å²) in [6.07, 6.45) is 0.341. The molecule has 0 radical (unpaired) electrons. The summed E-state index contributed by atoms with van der Waals surface area (Å²) in [5.74, 6) is 0.586. The molecule has 86 valence electrons. The van der Waals surface area contributed by atoms with Crippen molar-refractivity contribution in [2.24, 2.45) is 5.92 Å². The number of aromatic nitrogens is 2. The third-order valence-electron chi connectivity index (χ3n) is 2.57. The summed E-state index contributed by atoms with van der Waals surface area (Å²) in [6.45, 7) is 2.26. The van der Waals surface area contributed by atoms with Gasteiger partial charge in [-0.25, -0.2) is 4.98 Å². The maximum absolute atomic E-state index is 11.7. The Balaban J connectivity index is 2.27. The molecule has 2 rings (SSSR count). The molecule has 1 atom stereocenters. The van der Waals surface area contributed by atoms with Crippen molar-refractivity contribution in [3.63, 3.8) is 0 Å². The first-order chi connectivity index (χ1) is 7.60. The number of aryl methyl sites for hydroxylation is 1. The van der Waals surface area contributed by atoms with Crippen LogP contribution in [-0.2, 0) is 4.79 Å². The van der Waals surface area contributed by atoms with Crippen molar-refractivity contribution in [1.82, 2.24) is 9.97 Å². The number of rotatable bonds is 2. The maximum Gasteiger partial charge on any atom is 0.234 e. The number of aliphatic hydroxyl groups is 1. The number of nitrogen functional groups attached to an aromatic ring is 1. The molecule has 0 aliphatic carbocycles. The molecular formula is C10H14N4O2. The minimum Gasteiger partial charge on any atom is -0.396 e. The predicted octanol–water partition coefficient (Wildman–Crippen LogP) is -0.288. The normalized spacial score (nSPS) is 20.5. The van der Waals surface area contributed by atoms with Gasteiger partial charge < -0.3 is 10.8 Å². The summed E-state index contributed by atoms with van der Waals surface area (Å²) in [5, 5.41) is 9.01. The molecule has 3 N–H and O–H groups in total. The first kappa shape index (κ1) is 10.8. The van der Waals surface area contributed by atoms with Gasteiger partial charge >= 0.3 is 0 Å². The van der Waals surface area contributed by atoms with Crippen LogP contribution in [0.3, 0.4) is 0 Å². The van der Waals surface area contributed by atoms with E-state index in [4.69, 9.17) is 10.8 Å². The summed E-state index contributed by atoms with van der Waals surface area (Å²) < 4.78 is 0. The highest BCUT2D eigenvalue weighted by Gasteiger charge is 2.31. The highest BCUT2D eigenvalue weighted by atomic mass is 16.3. The molecule has 2 heterocycles. The van der Waals surface area contributed by atoms with Gasteiger partial charge in [-0.1, -0.05) is 0 Å². The van der Waals surface area contributed by atoms with Gasteiger partial charge in [-0.3, -0.25) is 9.69 Å². The van der Waals surface area contributed by atoms with Crippen LogP contribution in [0.5, 0.6) is 0 Å². The molecule has 0 saturated carbocycles. The molecule has 6 heteroatoms. The number of nitrogens with zero attached hydrogens (tertiary/aromatic N) is 3. The van der Waals surface area contributed by atoms with Crippen molar-refractivity contribution in [3.05, 3.63) is 11.8 Å². The van der Waals surface area contributed by atoms with E-state index >= 15 is 0 Å². The van der Waals surface area contributed by atoms with Crippen molar-refractivity contribution in [2.45, 2.75) is 13.3 Å². The summed E-state index contributed by atoms with van der Waals surface area (Å²) in [5.41, 5.74) is 6.33. The SMILES string of the molecule is Cc1cc(N)nc(N2CC(CO)CC2=O)n1. The second kappa shape index (κ2) is 4.05. The van der Waals surface area contributed by atoms with Crippen LogP contribution in [0, 0.1) is 12.8 Å². The quantitative estimate of drug-likeness (QED) is 0.717. The smallest absolute Gasteiger partial charge is 0.234 e. The van der Waals surface area contributed by atoms with E-state index in [1.54, 1.807) is 13.0 Å². The lowest BCUT2D eigenvalue weighted by atomic mass is 10.1. The van der Waals surface area contributed by atoms with E-state index in [0.29, 0.717) is 24.7 Å². The zero-order chi connectivity index (χ0) is 11.7. The van der Waals surface area contributed by atoms with Crippen molar-refractivity contribution >= 4 is 17.7 Å². The lowest BCUT2D eigenvalue weighted by molar-refractivity contribution is -0.117. The first-order valence-electron chi connectivity index (χ1n) is 5.12. The number of carbonyl (C=O) groups is 1. The van der Waals surface area contributed by atoms with E-state index in [1.165, 1.54) is 4.90 Å². The molecule has 6 nitrogen and oxygen atoms in total. The first-order valence-corrected chi connectivity index (χ1v) is 5.12. The lowest BCUT2D eigenvalue weighted by Crippen LogP contribution is -2.27. The Morgan fingerprint density at radius 1 is 1.62 bits per heavy atom. The molecule has 0 aromatic carbocycles. The largest absolute Gasteiger partial charge is 0.396 e. The van der Waals surface area contributed by atoms with E-state index in [0.717, 1.165) is 5.69 Å². The fourth-order valence-corrected chi connectivity index (χ4v) is 1.79. The average Bonchev–Trinajstić information content (AvgIpc) is 2.58. The van der Waals surface area contributed by atoms with Gasteiger partial charge in [0.15, 0.2) is 0 Å². The van der Waals surface area contributed by atoms with Gasteiger partial charge in [0.05, 0.1) is 0 Å². The summed E-state index contributed by atoms with van der Waals surface area (Å²) in [7, 11) is 0. The van der Waals surface area contributed by atoms with Crippen LogP contribution in [0.4, 0.5) is 11.8 Å². The number of carbonyl (C=O) groups excluding carboxylic acids is 1. The molecule has 0 bridgehead atoms. The Morgan fingerprint density at radius 2 is 2.38 bits per heavy atom. The number of anilines is 2. The Hall–Kier alpha value is -1.69. The Morgan fingerprint density at radius 3 is 2.94 bits per heavy atom. The molecule has 1 unspecified atom stereocenters. The molecule has 1 amide bonds. The van der Waals surface area contributed by atoms with Crippen LogP contribution in [0.15, 0.2) is 6.07 Å². The van der Waals surface area contributed by atoms with Crippen LogP contribution < -0.4 is 10.6 Å². The zero-order valence-electron chi connectivity index (χ0n) is 9.05. The van der Waals surface area contributed by atoms with E-state index in [-0.39, 0.29) is 18.4 Å². The molecule has 1 aromatic heterocycles. The number of hydrogen-bond acceptors (Lipinski definition) is 5. The fraction of sp³-hybridized carbons (Fsp3) is 0.500. The second-order valence-corrected chi connectivity index (χ2v) is 3.99. The third-order valence-corrected chi connectivity index (χ3v) is 2.57. The summed E-state index contributed by atoms with van der Waals surface area (Å²) in [4.78, 5) is 21.3. The molecule has 1 aliphatic rings. The number of amides is 1. The van der Waals surface area contributed by atoms with E-state index in [2.05, 4.69) is 9.97 Å². The standard InChI is InChI=1S/C10H14N4O2/c1-6-2-8(11)13-10(12-6)14-4-7(5-15)3-9(14)16/h2,7,15H,3-5H2,1H3,(H2,11,12,13). The van der Waals surface area contributed by atoms with Crippen molar-refractivity contribution in [2.75, 3.05) is 23.8 Å². The number of nitrogens with two attached hydrogens (primary N) is 1. The van der Waals surface area contributed by atoms with Gasteiger partial charge in [0, 0.05) is 37.3 Å². The van der Waals surface area contributed by atoms with Gasteiger partial charge in [0.25, 0.3) is 0 Å². The van der Waals surface area contributed by atoms with Gasteiger partial charge in [-0.05, 0) is 6.92 Å². The monoisotopic (exact) mass is 222 g/mol. The second-order valence-electron chi connectivity index (χ2n) is 3.99. The van der Waals surface area contributed by atoms with Gasteiger partial charge in [0.2, 0.25) is 11.9 Å². The Bertz CT molecular complexity index is 401. The number of hydrogen-bond donors (Lipinski definition) is 2. The van der Waals surface area contributed by atoms with Gasteiger partial charge in [0.1, 0.15) is 5.82 Å². The molecular weight excluding hydrogens is 208 g/mol. The van der Waals surface area contributed by atoms with Crippen LogP contribution in [-0.4, -0.2) is 34.1 Å². The highest BCUT2D eigenvalue weighted by molar-refractivity contribution is 5.94. The number of aliphatic hydroxyl groups excluding tert-OH is 1. The van der Waals surface area contributed by atoms with Crippen LogP contribution >= 0.6 is 0 Å². The van der Waals surface area contributed by atoms with Crippen molar-refractivity contribution in [3.8, 4) is 0 Å². The maximum atomic E-state index is 11.7. The minimum atomic E-state index is -0.0657. The Kier molecular flexibility index (Phi) is 2.74. The molecule has 1 aromatic rings. The topological polar surface area (TPSA) is 92.3 Å². The lowest BCUT2D eigenvalue weighted by Gasteiger charge is -2.14. The molecule has 1 saturated heterocycles. The predicted molar refractivity (Wildman–Crippen MR) is 58.7 cm³/mol. The summed E-state index contributed by atoms with van der Waals surface area (Å²) >= 11 is 0. The molecule has 1 fully saturated rings. The molecule has 0 spiro atoms. The summed E-state index contributed by atoms with van der Waals surface area (Å²) in [6, 6.07) is 1.65. The fourth-order valence-electron chi connectivity index (χ4n) is 1.79. The van der Waals surface area contributed by atoms with Crippen LogP contribution in [0.25, 0.3) is 0 Å². The van der Waals surface area contributed by atoms with Crippen LogP contribution in [0.2, 0.25) is 0 Å². The molecule has 16 heavy (non-hydrogen) atoms. The Labute approximate surface area is 93.1 Å². The van der Waals surface area contributed by atoms with E-state index in [1.807, 2.05) is 0 Å². The van der Waals surface area contributed by atoms with Crippen molar-refractivity contribution < 1.29 is 9.90 Å². The average molecular weight is 222 g/mol. The van der Waals surface area contributed by atoms with E-state index < -0.39 is 0 Å². The van der Waals surface area contributed by atoms with Crippen molar-refractivity contribution in [1.29, 1.82) is 0 Å². The van der Waals surface area contributed by atoms with Crippen LogP contribution in [0.1, 0.15) is 12.1 Å². The van der Waals surface area contributed by atoms with Gasteiger partial charge in [-0.15, -0.1) is 0 Å². The molecule has 1 aliphatic heterocycles. The zero-order valence-corrected chi connectivity index (χ0v) is 9.05. The highest BCUT2D eigenvalue weighted by Crippen LogP contribution is 2.22. The minimum absolute atomic E-state index is 0.00351. The third kappa shape index (κ3) is 1.96. The van der Waals surface area contributed by atoms with E-state index in [9.17, 15) is 4.79 Å². The van der Waals surface area contributed by atoms with Gasteiger partial charge in [-0.2, -0.15) is 4.98 Å².